The summed E-state index contributed by atoms with van der Waals surface area (Å²) in [4.78, 5) is 19.6. The van der Waals surface area contributed by atoms with Crippen molar-refractivity contribution in [1.82, 2.24) is 20.4 Å². The molecule has 0 spiro atoms. The van der Waals surface area contributed by atoms with Gasteiger partial charge < -0.3 is 9.84 Å². The van der Waals surface area contributed by atoms with Gasteiger partial charge in [-0.15, -0.1) is 0 Å². The second kappa shape index (κ2) is 4.56. The van der Waals surface area contributed by atoms with E-state index in [1.165, 1.54) is 0 Å². The van der Waals surface area contributed by atoms with Gasteiger partial charge in [-0.25, -0.2) is 0 Å². The fourth-order valence-corrected chi connectivity index (χ4v) is 1.59. The molecule has 2 heterocycles. The lowest BCUT2D eigenvalue weighted by molar-refractivity contribution is -0.122. The van der Waals surface area contributed by atoms with Crippen molar-refractivity contribution in [3.63, 3.8) is 0 Å². The number of carbonyl (C=O) groups excluding carboxylic acids is 1. The maximum absolute atomic E-state index is 11.4. The standard InChI is InChI=1S/C12H12N4O2/c17-12(8-3-4-8)14-7-10-15-11(16-18-10)9-2-1-5-13-6-9/h1-2,5-6,8H,3-4,7H2,(H,14,17). The van der Waals surface area contributed by atoms with Crippen LogP contribution in [0.5, 0.6) is 0 Å². The van der Waals surface area contributed by atoms with Crippen molar-refractivity contribution in [2.24, 2.45) is 5.92 Å². The molecule has 0 atom stereocenters. The minimum absolute atomic E-state index is 0.0659. The highest BCUT2D eigenvalue weighted by Gasteiger charge is 2.29. The SMILES string of the molecule is O=C(NCc1nc(-c2cccnc2)no1)C1CC1. The number of hydrogen-bond acceptors (Lipinski definition) is 5. The Bertz CT molecular complexity index is 548. The lowest BCUT2D eigenvalue weighted by atomic mass is 10.3. The lowest BCUT2D eigenvalue weighted by Crippen LogP contribution is -2.24. The van der Waals surface area contributed by atoms with Crippen molar-refractivity contribution in [2.45, 2.75) is 19.4 Å². The molecule has 1 amide bonds. The molecule has 6 nitrogen and oxygen atoms in total. The third-order valence-corrected chi connectivity index (χ3v) is 2.75. The van der Waals surface area contributed by atoms with Crippen LogP contribution in [0, 0.1) is 5.92 Å². The molecule has 18 heavy (non-hydrogen) atoms. The molecular formula is C12H12N4O2. The Hall–Kier alpha value is -2.24. The van der Waals surface area contributed by atoms with E-state index in [1.807, 2.05) is 6.07 Å². The Labute approximate surface area is 103 Å². The predicted octanol–water partition coefficient (Wildman–Crippen LogP) is 1.16. The number of rotatable bonds is 4. The van der Waals surface area contributed by atoms with E-state index in [1.54, 1.807) is 18.5 Å². The highest BCUT2D eigenvalue weighted by molar-refractivity contribution is 5.80. The van der Waals surface area contributed by atoms with Crippen LogP contribution in [0.4, 0.5) is 0 Å². The predicted molar refractivity (Wildman–Crippen MR) is 62.1 cm³/mol. The molecule has 1 aliphatic carbocycles. The van der Waals surface area contributed by atoms with Gasteiger partial charge in [0.25, 0.3) is 0 Å². The van der Waals surface area contributed by atoms with Gasteiger partial charge in [0.1, 0.15) is 0 Å². The zero-order valence-corrected chi connectivity index (χ0v) is 9.67. The van der Waals surface area contributed by atoms with Gasteiger partial charge in [0.15, 0.2) is 0 Å². The molecule has 0 saturated heterocycles. The van der Waals surface area contributed by atoms with Crippen LogP contribution in [0.2, 0.25) is 0 Å². The summed E-state index contributed by atoms with van der Waals surface area (Å²) in [7, 11) is 0. The summed E-state index contributed by atoms with van der Waals surface area (Å²) in [5, 5.41) is 6.62. The molecular weight excluding hydrogens is 232 g/mol. The van der Waals surface area contributed by atoms with E-state index < -0.39 is 0 Å². The largest absolute Gasteiger partial charge is 0.347 e. The van der Waals surface area contributed by atoms with Crippen molar-refractivity contribution < 1.29 is 9.32 Å². The molecule has 1 N–H and O–H groups in total. The van der Waals surface area contributed by atoms with E-state index in [9.17, 15) is 4.79 Å². The van der Waals surface area contributed by atoms with Gasteiger partial charge >= 0.3 is 0 Å². The molecule has 1 aliphatic rings. The molecule has 2 aromatic rings. The number of amides is 1. The number of pyridine rings is 1. The quantitative estimate of drug-likeness (QED) is 0.872. The molecule has 6 heteroatoms. The zero-order chi connectivity index (χ0) is 12.4. The van der Waals surface area contributed by atoms with E-state index in [-0.39, 0.29) is 18.4 Å². The third kappa shape index (κ3) is 2.37. The number of nitrogens with one attached hydrogen (secondary N) is 1. The Kier molecular flexibility index (Phi) is 2.76. The van der Waals surface area contributed by atoms with Crippen LogP contribution < -0.4 is 5.32 Å². The number of carbonyl (C=O) groups is 1. The van der Waals surface area contributed by atoms with Gasteiger partial charge in [0.2, 0.25) is 17.6 Å². The van der Waals surface area contributed by atoms with Crippen LogP contribution >= 0.6 is 0 Å². The molecule has 0 bridgehead atoms. The smallest absolute Gasteiger partial charge is 0.246 e. The minimum Gasteiger partial charge on any atom is -0.347 e. The van der Waals surface area contributed by atoms with Crippen molar-refractivity contribution >= 4 is 5.91 Å². The molecule has 3 rings (SSSR count). The van der Waals surface area contributed by atoms with Crippen molar-refractivity contribution in [1.29, 1.82) is 0 Å². The Morgan fingerprint density at radius 3 is 3.11 bits per heavy atom. The van der Waals surface area contributed by atoms with Crippen LogP contribution in [-0.2, 0) is 11.3 Å². The summed E-state index contributed by atoms with van der Waals surface area (Å²) in [6.45, 7) is 0.280. The van der Waals surface area contributed by atoms with Crippen molar-refractivity contribution in [3.05, 3.63) is 30.4 Å². The van der Waals surface area contributed by atoms with Gasteiger partial charge in [-0.3, -0.25) is 9.78 Å². The summed E-state index contributed by atoms with van der Waals surface area (Å²) in [6, 6.07) is 3.66. The van der Waals surface area contributed by atoms with Crippen LogP contribution in [0.1, 0.15) is 18.7 Å². The van der Waals surface area contributed by atoms with E-state index in [0.29, 0.717) is 11.7 Å². The molecule has 2 aromatic heterocycles. The first-order valence-electron chi connectivity index (χ1n) is 5.83. The number of nitrogens with zero attached hydrogens (tertiary/aromatic N) is 3. The summed E-state index contributed by atoms with van der Waals surface area (Å²) >= 11 is 0. The van der Waals surface area contributed by atoms with Crippen LogP contribution in [0.15, 0.2) is 29.0 Å². The van der Waals surface area contributed by atoms with Gasteiger partial charge in [-0.2, -0.15) is 4.98 Å². The van der Waals surface area contributed by atoms with Gasteiger partial charge in [-0.1, -0.05) is 5.16 Å². The third-order valence-electron chi connectivity index (χ3n) is 2.75. The Morgan fingerprint density at radius 1 is 1.50 bits per heavy atom. The second-order valence-corrected chi connectivity index (χ2v) is 4.25. The number of hydrogen-bond donors (Lipinski definition) is 1. The molecule has 1 fully saturated rings. The van der Waals surface area contributed by atoms with Gasteiger partial charge in [-0.05, 0) is 25.0 Å². The maximum Gasteiger partial charge on any atom is 0.246 e. The van der Waals surface area contributed by atoms with E-state index in [4.69, 9.17) is 4.52 Å². The fourth-order valence-electron chi connectivity index (χ4n) is 1.59. The molecule has 0 radical (unpaired) electrons. The first kappa shape index (κ1) is 10.9. The lowest BCUT2D eigenvalue weighted by Gasteiger charge is -1.98. The second-order valence-electron chi connectivity index (χ2n) is 4.25. The van der Waals surface area contributed by atoms with E-state index in [0.717, 1.165) is 18.4 Å². The van der Waals surface area contributed by atoms with Crippen LogP contribution in [0.25, 0.3) is 11.4 Å². The van der Waals surface area contributed by atoms with Crippen molar-refractivity contribution in [3.8, 4) is 11.4 Å². The molecule has 1 saturated carbocycles. The Morgan fingerprint density at radius 2 is 2.39 bits per heavy atom. The van der Waals surface area contributed by atoms with Crippen LogP contribution in [-0.4, -0.2) is 21.0 Å². The maximum atomic E-state index is 11.4. The molecule has 0 aromatic carbocycles. The van der Waals surface area contributed by atoms with E-state index >= 15 is 0 Å². The van der Waals surface area contributed by atoms with Crippen LogP contribution in [0.3, 0.4) is 0 Å². The highest BCUT2D eigenvalue weighted by atomic mass is 16.5. The fraction of sp³-hybridized carbons (Fsp3) is 0.333. The first-order valence-corrected chi connectivity index (χ1v) is 5.83. The van der Waals surface area contributed by atoms with E-state index in [2.05, 4.69) is 20.4 Å². The van der Waals surface area contributed by atoms with Gasteiger partial charge in [0, 0.05) is 23.9 Å². The molecule has 0 aliphatic heterocycles. The summed E-state index contributed by atoms with van der Waals surface area (Å²) < 4.78 is 5.07. The molecule has 92 valence electrons. The monoisotopic (exact) mass is 244 g/mol. The summed E-state index contributed by atoms with van der Waals surface area (Å²) in [6.07, 6.45) is 5.31. The summed E-state index contributed by atoms with van der Waals surface area (Å²) in [5.41, 5.74) is 0.793. The summed E-state index contributed by atoms with van der Waals surface area (Å²) in [5.74, 6) is 1.14. The van der Waals surface area contributed by atoms with Crippen molar-refractivity contribution in [2.75, 3.05) is 0 Å². The molecule has 0 unspecified atom stereocenters. The zero-order valence-electron chi connectivity index (χ0n) is 9.67. The number of aromatic nitrogens is 3. The topological polar surface area (TPSA) is 80.9 Å². The van der Waals surface area contributed by atoms with Gasteiger partial charge in [0.05, 0.1) is 6.54 Å². The first-order chi connectivity index (χ1) is 8.83. The minimum atomic E-state index is 0.0659. The average Bonchev–Trinajstić information content (AvgIpc) is 3.16. The normalized spacial score (nSPS) is 14.4. The average molecular weight is 244 g/mol. The Balaban J connectivity index is 1.64. The highest BCUT2D eigenvalue weighted by Crippen LogP contribution is 2.28.